The van der Waals surface area contributed by atoms with Crippen LogP contribution in [0.3, 0.4) is 0 Å². The quantitative estimate of drug-likeness (QED) is 0.211. The molecule has 12 nitrogen and oxygen atoms in total. The predicted molar refractivity (Wildman–Crippen MR) is 141 cm³/mol. The molecule has 0 unspecified atom stereocenters. The number of aliphatic carboxylic acids is 2. The number of nitrogens with two attached hydrogens (primary N) is 1. The van der Waals surface area contributed by atoms with Gasteiger partial charge in [0.15, 0.2) is 0 Å². The number of likely N-dealkylation sites (tertiary alicyclic amines) is 1. The van der Waals surface area contributed by atoms with Gasteiger partial charge in [0.2, 0.25) is 17.7 Å². The monoisotopic (exact) mass is 647 g/mol. The SMILES string of the molecule is C[C@H](N)C(=O)NCC(=O)NCCN1CCC[C@@H]1C(=O)NC1C2CC3CC(C2)CC1C3.O=C(O)C(F)(F)F.O=C(O)C(F)(F)F. The number of carbonyl (C=O) groups is 5. The molecule has 1 saturated heterocycles. The van der Waals surface area contributed by atoms with E-state index < -0.39 is 30.3 Å². The molecule has 0 spiro atoms. The lowest BCUT2D eigenvalue weighted by molar-refractivity contribution is -0.193. The van der Waals surface area contributed by atoms with E-state index in [0.29, 0.717) is 31.0 Å². The van der Waals surface area contributed by atoms with E-state index in [1.165, 1.54) is 32.1 Å². The fourth-order valence-corrected chi connectivity index (χ4v) is 6.54. The second-order valence-corrected chi connectivity index (χ2v) is 11.6. The van der Waals surface area contributed by atoms with Crippen molar-refractivity contribution in [1.82, 2.24) is 20.9 Å². The second-order valence-electron chi connectivity index (χ2n) is 11.6. The first-order chi connectivity index (χ1) is 20.3. The number of alkyl halides is 6. The van der Waals surface area contributed by atoms with Gasteiger partial charge in [0, 0.05) is 19.1 Å². The van der Waals surface area contributed by atoms with Crippen LogP contribution in [0.25, 0.3) is 0 Å². The zero-order valence-corrected chi connectivity index (χ0v) is 24.0. The van der Waals surface area contributed by atoms with Crippen molar-refractivity contribution >= 4 is 29.7 Å². The summed E-state index contributed by atoms with van der Waals surface area (Å²) in [5.41, 5.74) is 5.47. The van der Waals surface area contributed by atoms with Gasteiger partial charge < -0.3 is 31.9 Å². The molecule has 0 radical (unpaired) electrons. The Labute approximate surface area is 249 Å². The van der Waals surface area contributed by atoms with Crippen LogP contribution < -0.4 is 21.7 Å². The second kappa shape index (κ2) is 15.7. The predicted octanol–water partition coefficient (Wildman–Crippen LogP) is 1.24. The average molecular weight is 648 g/mol. The smallest absolute Gasteiger partial charge is 0.475 e. The zero-order chi connectivity index (χ0) is 33.4. The van der Waals surface area contributed by atoms with Crippen molar-refractivity contribution in [3.05, 3.63) is 0 Å². The Bertz CT molecular complexity index is 988. The van der Waals surface area contributed by atoms with Crippen molar-refractivity contribution in [1.29, 1.82) is 0 Å². The molecule has 3 amide bonds. The number of halogens is 6. The minimum absolute atomic E-state index is 0.0727. The number of carboxylic acid groups (broad SMARTS) is 2. The molecule has 2 atom stereocenters. The molecule has 1 aliphatic heterocycles. The largest absolute Gasteiger partial charge is 0.490 e. The number of hydrogen-bond donors (Lipinski definition) is 6. The molecule has 18 heteroatoms. The maximum atomic E-state index is 13.1. The Morgan fingerprint density at radius 1 is 0.864 bits per heavy atom. The standard InChI is InChI=1S/C22H37N5O3.2C2HF3O2/c1-13(23)21(29)25-12-19(28)24-4-6-27-5-2-3-18(27)22(30)26-20-16-8-14-7-15(10-16)11-17(20)9-14;2*3-2(4,5)1(6)7/h13-18,20H,2-12,23H2,1H3,(H,24,28)(H,25,29)(H,26,30);2*(H,6,7)/t13-,14?,15?,16?,17?,18+,20?;;/m0../s1. The van der Waals surface area contributed by atoms with Crippen LogP contribution in [0, 0.1) is 23.7 Å². The van der Waals surface area contributed by atoms with Crippen molar-refractivity contribution in [3.8, 4) is 0 Å². The van der Waals surface area contributed by atoms with E-state index in [1.54, 1.807) is 6.92 Å². The van der Waals surface area contributed by atoms with Gasteiger partial charge in [-0.25, -0.2) is 9.59 Å². The Morgan fingerprint density at radius 2 is 1.34 bits per heavy atom. The Kier molecular flexibility index (Phi) is 13.2. The lowest BCUT2D eigenvalue weighted by Crippen LogP contribution is -2.58. The molecular weight excluding hydrogens is 608 g/mol. The molecule has 7 N–H and O–H groups in total. The molecule has 252 valence electrons. The van der Waals surface area contributed by atoms with Gasteiger partial charge in [-0.15, -0.1) is 0 Å². The van der Waals surface area contributed by atoms with E-state index >= 15 is 0 Å². The third-order valence-corrected chi connectivity index (χ3v) is 8.24. The molecule has 4 bridgehead atoms. The van der Waals surface area contributed by atoms with Crippen molar-refractivity contribution < 1.29 is 60.5 Å². The van der Waals surface area contributed by atoms with Gasteiger partial charge in [0.1, 0.15) is 0 Å². The lowest BCUT2D eigenvalue weighted by Gasteiger charge is -2.54. The van der Waals surface area contributed by atoms with Crippen molar-refractivity contribution in [2.75, 3.05) is 26.2 Å². The number of carboxylic acids is 2. The highest BCUT2D eigenvalue weighted by atomic mass is 19.4. The summed E-state index contributed by atoms with van der Waals surface area (Å²) in [5, 5.41) is 23.0. The Balaban J connectivity index is 0.000000402. The molecule has 4 saturated carbocycles. The third kappa shape index (κ3) is 11.4. The van der Waals surface area contributed by atoms with Crippen molar-refractivity contribution in [3.63, 3.8) is 0 Å². The Morgan fingerprint density at radius 3 is 1.77 bits per heavy atom. The minimum atomic E-state index is -5.08. The van der Waals surface area contributed by atoms with Crippen LogP contribution in [-0.4, -0.2) is 101 Å². The van der Waals surface area contributed by atoms with Gasteiger partial charge >= 0.3 is 24.3 Å². The molecule has 5 fully saturated rings. The number of amides is 3. The van der Waals surface area contributed by atoms with Crippen LogP contribution in [0.15, 0.2) is 0 Å². The van der Waals surface area contributed by atoms with E-state index in [1.807, 2.05) is 0 Å². The molecule has 44 heavy (non-hydrogen) atoms. The number of nitrogens with zero attached hydrogens (tertiary/aromatic N) is 1. The Hall–Kier alpha value is -3.15. The zero-order valence-electron chi connectivity index (χ0n) is 24.0. The maximum absolute atomic E-state index is 13.1. The van der Waals surface area contributed by atoms with E-state index in [-0.39, 0.29) is 30.3 Å². The lowest BCUT2D eigenvalue weighted by atomic mass is 9.54. The van der Waals surface area contributed by atoms with Gasteiger partial charge in [-0.3, -0.25) is 19.3 Å². The average Bonchev–Trinajstić information content (AvgIpc) is 3.37. The molecule has 4 aliphatic carbocycles. The van der Waals surface area contributed by atoms with Gasteiger partial charge in [0.25, 0.3) is 0 Å². The highest BCUT2D eigenvalue weighted by Gasteiger charge is 2.49. The highest BCUT2D eigenvalue weighted by Crippen LogP contribution is 2.53. The van der Waals surface area contributed by atoms with Crippen LogP contribution in [0.4, 0.5) is 26.3 Å². The fourth-order valence-electron chi connectivity index (χ4n) is 6.54. The maximum Gasteiger partial charge on any atom is 0.490 e. The van der Waals surface area contributed by atoms with Gasteiger partial charge in [-0.2, -0.15) is 26.3 Å². The molecule has 5 rings (SSSR count). The summed E-state index contributed by atoms with van der Waals surface area (Å²) in [4.78, 5) is 56.4. The first kappa shape index (κ1) is 37.0. The normalized spacial score (nSPS) is 28.0. The third-order valence-electron chi connectivity index (χ3n) is 8.24. The summed E-state index contributed by atoms with van der Waals surface area (Å²) in [5.74, 6) is -2.73. The molecule has 5 aliphatic rings. The number of nitrogens with one attached hydrogen (secondary N) is 3. The molecule has 1 heterocycles. The van der Waals surface area contributed by atoms with E-state index in [0.717, 1.165) is 31.2 Å². The summed E-state index contributed by atoms with van der Waals surface area (Å²) < 4.78 is 63.5. The topological polar surface area (TPSA) is 191 Å². The van der Waals surface area contributed by atoms with Crippen molar-refractivity contribution in [2.24, 2.45) is 29.4 Å². The summed E-state index contributed by atoms with van der Waals surface area (Å²) in [7, 11) is 0. The van der Waals surface area contributed by atoms with Crippen LogP contribution in [0.2, 0.25) is 0 Å². The van der Waals surface area contributed by atoms with Crippen LogP contribution >= 0.6 is 0 Å². The number of rotatable bonds is 8. The number of carbonyl (C=O) groups excluding carboxylic acids is 3. The minimum Gasteiger partial charge on any atom is -0.475 e. The summed E-state index contributed by atoms with van der Waals surface area (Å²) in [6.07, 6.45) is -1.63. The summed E-state index contributed by atoms with van der Waals surface area (Å²) >= 11 is 0. The molecule has 0 aromatic heterocycles. The number of hydrogen-bond acceptors (Lipinski definition) is 7. The summed E-state index contributed by atoms with van der Waals surface area (Å²) in [6.45, 7) is 3.50. The molecule has 0 aromatic carbocycles. The van der Waals surface area contributed by atoms with Crippen LogP contribution in [0.1, 0.15) is 51.9 Å². The highest BCUT2D eigenvalue weighted by molar-refractivity contribution is 5.87. The molecule has 0 aromatic rings. The van der Waals surface area contributed by atoms with E-state index in [4.69, 9.17) is 25.5 Å². The summed E-state index contributed by atoms with van der Waals surface area (Å²) in [6, 6.07) is -0.339. The van der Waals surface area contributed by atoms with Gasteiger partial charge in [-0.1, -0.05) is 0 Å². The van der Waals surface area contributed by atoms with Crippen LogP contribution in [-0.2, 0) is 24.0 Å². The van der Waals surface area contributed by atoms with Crippen LogP contribution in [0.5, 0.6) is 0 Å². The van der Waals surface area contributed by atoms with Crippen molar-refractivity contribution in [2.45, 2.75) is 82.3 Å². The fraction of sp³-hybridized carbons (Fsp3) is 0.808. The van der Waals surface area contributed by atoms with Gasteiger partial charge in [-0.05, 0) is 82.1 Å². The van der Waals surface area contributed by atoms with Gasteiger partial charge in [0.05, 0.1) is 18.6 Å². The first-order valence-electron chi connectivity index (χ1n) is 14.2. The van der Waals surface area contributed by atoms with E-state index in [9.17, 15) is 40.7 Å². The molecular formula is C26H39F6N5O7. The first-order valence-corrected chi connectivity index (χ1v) is 14.2. The van der Waals surface area contributed by atoms with E-state index in [2.05, 4.69) is 20.9 Å².